The van der Waals surface area contributed by atoms with E-state index in [2.05, 4.69) is 9.97 Å². The Labute approximate surface area is 163 Å². The molecule has 0 aliphatic rings. The molecular weight excluding hydrogens is 395 g/mol. The van der Waals surface area contributed by atoms with E-state index in [-0.39, 0.29) is 23.8 Å². The minimum atomic E-state index is -1.11. The van der Waals surface area contributed by atoms with E-state index >= 15 is 0 Å². The molecule has 1 aromatic carbocycles. The van der Waals surface area contributed by atoms with E-state index in [1.807, 2.05) is 0 Å². The number of hydrogen-bond acceptors (Lipinski definition) is 5. The zero-order valence-electron chi connectivity index (χ0n) is 13.8. The van der Waals surface area contributed by atoms with E-state index in [1.165, 1.54) is 4.90 Å². The van der Waals surface area contributed by atoms with Gasteiger partial charge < -0.3 is 19.7 Å². The number of aromatic nitrogens is 3. The number of aliphatic carboxylic acids is 2. The Morgan fingerprint density at radius 1 is 1.19 bits per heavy atom. The van der Waals surface area contributed by atoms with Crippen LogP contribution >= 0.6 is 23.2 Å². The standard InChI is InChI=1S/C17H14Cl2N4O4/c18-11-2-1-10-12(23-6-4-20-9-23)7-13(21-17(10)16(11)19)22(8-15(26)27)5-3-14(24)25/h1-2,4,6-7,9H,3,5,8H2,(H,24,25)(H,26,27). The predicted molar refractivity (Wildman–Crippen MR) is 101 cm³/mol. The maximum Gasteiger partial charge on any atom is 0.323 e. The summed E-state index contributed by atoms with van der Waals surface area (Å²) in [6.07, 6.45) is 4.67. The van der Waals surface area contributed by atoms with Gasteiger partial charge in [-0.3, -0.25) is 9.59 Å². The SMILES string of the molecule is O=C(O)CCN(CC(=O)O)c1cc(-n2ccnc2)c2ccc(Cl)c(Cl)c2n1. The van der Waals surface area contributed by atoms with E-state index in [9.17, 15) is 14.7 Å². The van der Waals surface area contributed by atoms with Crippen molar-refractivity contribution in [2.75, 3.05) is 18.0 Å². The van der Waals surface area contributed by atoms with Crippen molar-refractivity contribution in [3.63, 3.8) is 0 Å². The van der Waals surface area contributed by atoms with Gasteiger partial charge >= 0.3 is 11.9 Å². The summed E-state index contributed by atoms with van der Waals surface area (Å²) in [5.74, 6) is -1.87. The van der Waals surface area contributed by atoms with E-state index in [1.54, 1.807) is 41.5 Å². The minimum absolute atomic E-state index is 0.0261. The second kappa shape index (κ2) is 7.81. The Hall–Kier alpha value is -2.84. The van der Waals surface area contributed by atoms with Crippen LogP contribution in [0.15, 0.2) is 36.9 Å². The van der Waals surface area contributed by atoms with Crippen molar-refractivity contribution in [2.45, 2.75) is 6.42 Å². The van der Waals surface area contributed by atoms with Crippen molar-refractivity contribution in [2.24, 2.45) is 0 Å². The van der Waals surface area contributed by atoms with Crippen LogP contribution in [-0.4, -0.2) is 49.8 Å². The lowest BCUT2D eigenvalue weighted by molar-refractivity contribution is -0.138. The molecule has 140 valence electrons. The fourth-order valence-electron chi connectivity index (χ4n) is 2.65. The quantitative estimate of drug-likeness (QED) is 0.617. The number of nitrogens with zero attached hydrogens (tertiary/aromatic N) is 4. The smallest absolute Gasteiger partial charge is 0.323 e. The van der Waals surface area contributed by atoms with Crippen molar-refractivity contribution < 1.29 is 19.8 Å². The maximum absolute atomic E-state index is 11.2. The summed E-state index contributed by atoms with van der Waals surface area (Å²) in [5.41, 5.74) is 1.05. The summed E-state index contributed by atoms with van der Waals surface area (Å²) >= 11 is 12.4. The van der Waals surface area contributed by atoms with Crippen LogP contribution in [0.3, 0.4) is 0 Å². The Kier molecular flexibility index (Phi) is 5.48. The lowest BCUT2D eigenvalue weighted by Crippen LogP contribution is -2.32. The van der Waals surface area contributed by atoms with Gasteiger partial charge in [-0.2, -0.15) is 0 Å². The second-order valence-electron chi connectivity index (χ2n) is 5.69. The Balaban J connectivity index is 2.20. The number of hydrogen-bond donors (Lipinski definition) is 2. The van der Waals surface area contributed by atoms with Gasteiger partial charge in [0.15, 0.2) is 0 Å². The number of halogens is 2. The molecule has 2 N–H and O–H groups in total. The highest BCUT2D eigenvalue weighted by atomic mass is 35.5. The third-order valence-electron chi connectivity index (χ3n) is 3.87. The van der Waals surface area contributed by atoms with Crippen molar-refractivity contribution >= 4 is 51.9 Å². The van der Waals surface area contributed by atoms with Crippen LogP contribution in [0.4, 0.5) is 5.82 Å². The molecule has 0 saturated carbocycles. The average molecular weight is 409 g/mol. The molecule has 0 radical (unpaired) electrons. The first-order valence-electron chi connectivity index (χ1n) is 7.82. The van der Waals surface area contributed by atoms with E-state index in [4.69, 9.17) is 28.3 Å². The van der Waals surface area contributed by atoms with Crippen LogP contribution in [0, 0.1) is 0 Å². The number of carbonyl (C=O) groups is 2. The number of pyridine rings is 1. The lowest BCUT2D eigenvalue weighted by atomic mass is 10.1. The van der Waals surface area contributed by atoms with Crippen LogP contribution in [0.2, 0.25) is 10.0 Å². The first-order chi connectivity index (χ1) is 12.9. The molecular formula is C17H14Cl2N4O4. The number of benzene rings is 1. The Morgan fingerprint density at radius 2 is 1.96 bits per heavy atom. The molecule has 0 aliphatic heterocycles. The molecule has 10 heteroatoms. The molecule has 0 amide bonds. The maximum atomic E-state index is 11.2. The van der Waals surface area contributed by atoms with Crippen LogP contribution in [-0.2, 0) is 9.59 Å². The molecule has 0 aliphatic carbocycles. The Morgan fingerprint density at radius 3 is 2.59 bits per heavy atom. The van der Waals surface area contributed by atoms with Crippen LogP contribution < -0.4 is 4.90 Å². The summed E-state index contributed by atoms with van der Waals surface area (Å²) in [4.78, 5) is 32.0. The van der Waals surface area contributed by atoms with Gasteiger partial charge in [-0.1, -0.05) is 23.2 Å². The highest BCUT2D eigenvalue weighted by Gasteiger charge is 2.18. The molecule has 2 heterocycles. The summed E-state index contributed by atoms with van der Waals surface area (Å²) in [5, 5.41) is 19.4. The van der Waals surface area contributed by atoms with Gasteiger partial charge in [0.1, 0.15) is 12.4 Å². The van der Waals surface area contributed by atoms with Crippen molar-refractivity contribution in [1.82, 2.24) is 14.5 Å². The zero-order chi connectivity index (χ0) is 19.6. The molecule has 0 atom stereocenters. The summed E-state index contributed by atoms with van der Waals surface area (Å²) < 4.78 is 1.73. The number of anilines is 1. The van der Waals surface area contributed by atoms with Gasteiger partial charge in [0, 0.05) is 30.4 Å². The van der Waals surface area contributed by atoms with Gasteiger partial charge in [-0.15, -0.1) is 0 Å². The second-order valence-corrected chi connectivity index (χ2v) is 6.47. The topological polar surface area (TPSA) is 109 Å². The monoisotopic (exact) mass is 408 g/mol. The number of carboxylic acids is 2. The Bertz CT molecular complexity index is 1010. The van der Waals surface area contributed by atoms with Gasteiger partial charge in [0.05, 0.1) is 34.0 Å². The van der Waals surface area contributed by atoms with E-state index in [0.717, 1.165) is 0 Å². The molecule has 0 unspecified atom stereocenters. The highest BCUT2D eigenvalue weighted by molar-refractivity contribution is 6.45. The molecule has 27 heavy (non-hydrogen) atoms. The number of imidazole rings is 1. The third-order valence-corrected chi connectivity index (χ3v) is 4.66. The molecule has 0 saturated heterocycles. The van der Waals surface area contributed by atoms with Gasteiger partial charge in [0.25, 0.3) is 0 Å². The van der Waals surface area contributed by atoms with Crippen molar-refractivity contribution in [3.8, 4) is 5.69 Å². The third kappa shape index (κ3) is 4.12. The fraction of sp³-hybridized carbons (Fsp3) is 0.176. The summed E-state index contributed by atoms with van der Waals surface area (Å²) in [6.45, 7) is -0.435. The van der Waals surface area contributed by atoms with Crippen molar-refractivity contribution in [3.05, 3.63) is 47.0 Å². The fourth-order valence-corrected chi connectivity index (χ4v) is 3.01. The van der Waals surface area contributed by atoms with Crippen molar-refractivity contribution in [1.29, 1.82) is 0 Å². The highest BCUT2D eigenvalue weighted by Crippen LogP contribution is 2.34. The minimum Gasteiger partial charge on any atom is -0.481 e. The van der Waals surface area contributed by atoms with Gasteiger partial charge in [-0.25, -0.2) is 9.97 Å². The lowest BCUT2D eigenvalue weighted by Gasteiger charge is -2.23. The van der Waals surface area contributed by atoms with Gasteiger partial charge in [0.2, 0.25) is 0 Å². The normalized spacial score (nSPS) is 10.9. The molecule has 0 spiro atoms. The molecule has 0 bridgehead atoms. The molecule has 0 fully saturated rings. The average Bonchev–Trinajstić information content (AvgIpc) is 3.15. The predicted octanol–water partition coefficient (Wildman–Crippen LogP) is 3.09. The molecule has 2 aromatic heterocycles. The first-order valence-corrected chi connectivity index (χ1v) is 8.58. The number of carboxylic acid groups (broad SMARTS) is 2. The summed E-state index contributed by atoms with van der Waals surface area (Å²) in [6, 6.07) is 5.07. The first kappa shape index (κ1) is 18.9. The number of rotatable bonds is 7. The van der Waals surface area contributed by atoms with Gasteiger partial charge in [-0.05, 0) is 12.1 Å². The van der Waals surface area contributed by atoms with Crippen LogP contribution in [0.25, 0.3) is 16.6 Å². The zero-order valence-corrected chi connectivity index (χ0v) is 15.4. The van der Waals surface area contributed by atoms with E-state index < -0.39 is 18.5 Å². The molecule has 3 rings (SSSR count). The van der Waals surface area contributed by atoms with Crippen LogP contribution in [0.1, 0.15) is 6.42 Å². The number of fused-ring (bicyclic) bond motifs is 1. The van der Waals surface area contributed by atoms with Crippen LogP contribution in [0.5, 0.6) is 0 Å². The van der Waals surface area contributed by atoms with E-state index in [0.29, 0.717) is 21.6 Å². The molecule has 8 nitrogen and oxygen atoms in total. The summed E-state index contributed by atoms with van der Waals surface area (Å²) in [7, 11) is 0. The molecule has 3 aromatic rings. The largest absolute Gasteiger partial charge is 0.481 e.